The molecule has 1 rings (SSSR count). The summed E-state index contributed by atoms with van der Waals surface area (Å²) in [5.74, 6) is 0.114. The van der Waals surface area contributed by atoms with Crippen molar-refractivity contribution in [2.45, 2.75) is 26.2 Å². The summed E-state index contributed by atoms with van der Waals surface area (Å²) in [5, 5.41) is 0. The average Bonchev–Trinajstić information content (AvgIpc) is 2.17. The molecule has 4 N–H and O–H groups in total. The van der Waals surface area contributed by atoms with E-state index in [-0.39, 0.29) is 16.9 Å². The molecule has 0 saturated heterocycles. The van der Waals surface area contributed by atoms with E-state index in [1.807, 2.05) is 20.8 Å². The standard InChI is InChI=1S/C12H16N2O4/c1-12(2,3)7-4-5-8(17-10(13)15)9(6-7)18-11(14)16/h4-6H,1-3H3,(H2,13,15)(H2,14,16). The van der Waals surface area contributed by atoms with Gasteiger partial charge in [-0.1, -0.05) is 26.8 Å². The van der Waals surface area contributed by atoms with E-state index in [0.29, 0.717) is 0 Å². The lowest BCUT2D eigenvalue weighted by Crippen LogP contribution is -2.20. The average molecular weight is 252 g/mol. The van der Waals surface area contributed by atoms with Crippen molar-refractivity contribution in [3.8, 4) is 11.5 Å². The van der Waals surface area contributed by atoms with Crippen molar-refractivity contribution in [3.63, 3.8) is 0 Å². The fraction of sp³-hybridized carbons (Fsp3) is 0.333. The third-order valence-corrected chi connectivity index (χ3v) is 2.23. The van der Waals surface area contributed by atoms with E-state index in [1.54, 1.807) is 12.1 Å². The summed E-state index contributed by atoms with van der Waals surface area (Å²) >= 11 is 0. The topological polar surface area (TPSA) is 105 Å². The Kier molecular flexibility index (Phi) is 3.80. The summed E-state index contributed by atoms with van der Waals surface area (Å²) in [6.07, 6.45) is -1.98. The number of ether oxygens (including phenoxy) is 2. The number of carbonyl (C=O) groups is 2. The van der Waals surface area contributed by atoms with Crippen molar-refractivity contribution in [2.24, 2.45) is 11.5 Å². The van der Waals surface area contributed by atoms with Gasteiger partial charge in [-0.05, 0) is 23.1 Å². The zero-order valence-corrected chi connectivity index (χ0v) is 10.5. The molecule has 1 aromatic carbocycles. The number of hydrogen-bond donors (Lipinski definition) is 2. The Balaban J connectivity index is 3.20. The highest BCUT2D eigenvalue weighted by Crippen LogP contribution is 2.33. The van der Waals surface area contributed by atoms with Gasteiger partial charge in [-0.15, -0.1) is 0 Å². The zero-order chi connectivity index (χ0) is 13.9. The van der Waals surface area contributed by atoms with Crippen LogP contribution in [-0.4, -0.2) is 12.2 Å². The third kappa shape index (κ3) is 3.65. The van der Waals surface area contributed by atoms with Crippen LogP contribution in [0.25, 0.3) is 0 Å². The number of hydrogen-bond acceptors (Lipinski definition) is 4. The number of carbonyl (C=O) groups excluding carboxylic acids is 2. The molecular weight excluding hydrogens is 236 g/mol. The van der Waals surface area contributed by atoms with E-state index in [0.717, 1.165) is 5.56 Å². The van der Waals surface area contributed by atoms with E-state index >= 15 is 0 Å². The molecule has 6 heteroatoms. The normalized spacial score (nSPS) is 10.8. The van der Waals surface area contributed by atoms with Gasteiger partial charge in [-0.3, -0.25) is 0 Å². The number of nitrogens with two attached hydrogens (primary N) is 2. The monoisotopic (exact) mass is 252 g/mol. The molecule has 2 amide bonds. The molecule has 0 heterocycles. The second-order valence-electron chi connectivity index (χ2n) is 4.75. The molecule has 0 bridgehead atoms. The van der Waals surface area contributed by atoms with Crippen molar-refractivity contribution in [3.05, 3.63) is 23.8 Å². The lowest BCUT2D eigenvalue weighted by molar-refractivity contribution is 0.200. The smallest absolute Gasteiger partial charge is 0.406 e. The SMILES string of the molecule is CC(C)(C)c1ccc(OC(N)=O)c(OC(N)=O)c1. The summed E-state index contributed by atoms with van der Waals surface area (Å²) < 4.78 is 9.51. The predicted octanol–water partition coefficient (Wildman–Crippen LogP) is 1.90. The molecule has 0 aliphatic carbocycles. The molecule has 0 aliphatic rings. The van der Waals surface area contributed by atoms with Gasteiger partial charge in [0.1, 0.15) is 0 Å². The second-order valence-corrected chi connectivity index (χ2v) is 4.75. The van der Waals surface area contributed by atoms with Gasteiger partial charge in [0.15, 0.2) is 11.5 Å². The fourth-order valence-corrected chi connectivity index (χ4v) is 1.36. The summed E-state index contributed by atoms with van der Waals surface area (Å²) in [5.41, 5.74) is 10.6. The van der Waals surface area contributed by atoms with Crippen LogP contribution in [0.3, 0.4) is 0 Å². The third-order valence-electron chi connectivity index (χ3n) is 2.23. The number of benzene rings is 1. The number of primary amides is 2. The molecule has 6 nitrogen and oxygen atoms in total. The van der Waals surface area contributed by atoms with Crippen LogP contribution in [-0.2, 0) is 5.41 Å². The Labute approximate surface area is 105 Å². The quantitative estimate of drug-likeness (QED) is 0.838. The number of amides is 2. The minimum absolute atomic E-state index is 0.0503. The van der Waals surface area contributed by atoms with E-state index in [2.05, 4.69) is 0 Å². The molecule has 0 aromatic heterocycles. The zero-order valence-electron chi connectivity index (χ0n) is 10.5. The second kappa shape index (κ2) is 4.95. The predicted molar refractivity (Wildman–Crippen MR) is 65.6 cm³/mol. The highest BCUT2D eigenvalue weighted by molar-refractivity contribution is 5.72. The first-order valence-corrected chi connectivity index (χ1v) is 5.29. The molecule has 0 atom stereocenters. The van der Waals surface area contributed by atoms with Crippen molar-refractivity contribution < 1.29 is 19.1 Å². The van der Waals surface area contributed by atoms with Crippen molar-refractivity contribution >= 4 is 12.2 Å². The van der Waals surface area contributed by atoms with Crippen LogP contribution in [0.5, 0.6) is 11.5 Å². The minimum Gasteiger partial charge on any atom is -0.406 e. The van der Waals surface area contributed by atoms with E-state index in [1.165, 1.54) is 6.07 Å². The van der Waals surface area contributed by atoms with Crippen molar-refractivity contribution in [1.29, 1.82) is 0 Å². The van der Waals surface area contributed by atoms with Gasteiger partial charge < -0.3 is 20.9 Å². The Morgan fingerprint density at radius 3 is 1.94 bits per heavy atom. The van der Waals surface area contributed by atoms with Crippen molar-refractivity contribution in [1.82, 2.24) is 0 Å². The Hall–Kier alpha value is -2.24. The Morgan fingerprint density at radius 1 is 1.00 bits per heavy atom. The summed E-state index contributed by atoms with van der Waals surface area (Å²) in [6, 6.07) is 4.85. The van der Waals surface area contributed by atoms with Crippen LogP contribution >= 0.6 is 0 Å². The lowest BCUT2D eigenvalue weighted by Gasteiger charge is -2.20. The highest BCUT2D eigenvalue weighted by Gasteiger charge is 2.18. The van der Waals surface area contributed by atoms with Gasteiger partial charge >= 0.3 is 12.2 Å². The highest BCUT2D eigenvalue weighted by atomic mass is 16.6. The van der Waals surface area contributed by atoms with Crippen LogP contribution in [0.2, 0.25) is 0 Å². The van der Waals surface area contributed by atoms with Gasteiger partial charge in [0.05, 0.1) is 0 Å². The lowest BCUT2D eigenvalue weighted by atomic mass is 9.87. The van der Waals surface area contributed by atoms with Gasteiger partial charge in [0.25, 0.3) is 0 Å². The molecule has 98 valence electrons. The Bertz CT molecular complexity index is 477. The molecular formula is C12H16N2O4. The maximum Gasteiger partial charge on any atom is 0.410 e. The maximum absolute atomic E-state index is 10.8. The van der Waals surface area contributed by atoms with E-state index < -0.39 is 12.2 Å². The summed E-state index contributed by atoms with van der Waals surface area (Å²) in [4.78, 5) is 21.5. The molecule has 0 radical (unpaired) electrons. The fourth-order valence-electron chi connectivity index (χ4n) is 1.36. The van der Waals surface area contributed by atoms with Crippen molar-refractivity contribution in [2.75, 3.05) is 0 Å². The molecule has 0 aliphatic heterocycles. The first kappa shape index (κ1) is 13.8. The van der Waals surface area contributed by atoms with Gasteiger partial charge in [0, 0.05) is 0 Å². The van der Waals surface area contributed by atoms with Crippen LogP contribution in [0.15, 0.2) is 18.2 Å². The minimum atomic E-state index is -0.993. The molecule has 0 spiro atoms. The van der Waals surface area contributed by atoms with Crippen LogP contribution < -0.4 is 20.9 Å². The summed E-state index contributed by atoms with van der Waals surface area (Å²) in [6.45, 7) is 5.97. The first-order valence-electron chi connectivity index (χ1n) is 5.29. The van der Waals surface area contributed by atoms with Crippen LogP contribution in [0.1, 0.15) is 26.3 Å². The first-order chi connectivity index (χ1) is 8.20. The van der Waals surface area contributed by atoms with Gasteiger partial charge in [0.2, 0.25) is 0 Å². The van der Waals surface area contributed by atoms with Crippen LogP contribution in [0.4, 0.5) is 9.59 Å². The molecule has 18 heavy (non-hydrogen) atoms. The molecule has 0 unspecified atom stereocenters. The van der Waals surface area contributed by atoms with E-state index in [4.69, 9.17) is 20.9 Å². The van der Waals surface area contributed by atoms with Gasteiger partial charge in [-0.2, -0.15) is 0 Å². The van der Waals surface area contributed by atoms with E-state index in [9.17, 15) is 9.59 Å². The number of rotatable bonds is 2. The van der Waals surface area contributed by atoms with Crippen LogP contribution in [0, 0.1) is 0 Å². The Morgan fingerprint density at radius 2 is 1.50 bits per heavy atom. The molecule has 1 aromatic rings. The van der Waals surface area contributed by atoms with Gasteiger partial charge in [-0.25, -0.2) is 9.59 Å². The largest absolute Gasteiger partial charge is 0.410 e. The molecule has 0 saturated carbocycles. The summed E-state index contributed by atoms with van der Waals surface area (Å²) in [7, 11) is 0. The molecule has 0 fully saturated rings. The maximum atomic E-state index is 10.8.